The molecule has 0 saturated carbocycles. The van der Waals surface area contributed by atoms with Crippen LogP contribution >= 0.6 is 9.58 Å². The van der Waals surface area contributed by atoms with Gasteiger partial charge in [-0.25, -0.2) is 9.97 Å². The van der Waals surface area contributed by atoms with Crippen molar-refractivity contribution >= 4 is 53.9 Å². The Morgan fingerprint density at radius 2 is 0.682 bits per heavy atom. The summed E-state index contributed by atoms with van der Waals surface area (Å²) < 4.78 is 7.50. The third-order valence-electron chi connectivity index (χ3n) is 8.82. The van der Waals surface area contributed by atoms with Gasteiger partial charge >= 0.3 is 38.8 Å². The molecule has 5 heterocycles. The van der Waals surface area contributed by atoms with E-state index in [0.29, 0.717) is 0 Å². The zero-order valence-corrected chi connectivity index (χ0v) is 30.5. The fraction of sp³-hybridized carbons (Fsp3) is 0.432. The van der Waals surface area contributed by atoms with Crippen molar-refractivity contribution < 1.29 is 22.5 Å². The van der Waals surface area contributed by atoms with Crippen LogP contribution in [0.3, 0.4) is 0 Å². The second-order valence-corrected chi connectivity index (χ2v) is 10.8. The first kappa shape index (κ1) is 35.8. The third-order valence-corrected chi connectivity index (χ3v) is 8.82. The van der Waals surface area contributed by atoms with Crippen molar-refractivity contribution in [3.8, 4) is 0 Å². The van der Waals surface area contributed by atoms with E-state index in [0.717, 1.165) is 96.2 Å². The third kappa shape index (κ3) is 6.61. The van der Waals surface area contributed by atoms with Gasteiger partial charge in [0, 0.05) is 0 Å². The van der Waals surface area contributed by atoms with Crippen LogP contribution in [0.15, 0.2) is 24.3 Å². The van der Waals surface area contributed by atoms with Gasteiger partial charge in [0.25, 0.3) is 0 Å². The SMILES string of the molecule is CCC1=C(CC)c2cc3[n-]c(cc4nc(cc5[n-]c(cc1n2)c(CC)c5CC)C(CC)=C4CC)c(CC)c3CC.[C-]#[O+].[Cl][Ir+2]. The quantitative estimate of drug-likeness (QED) is 0.168. The fourth-order valence-electron chi connectivity index (χ4n) is 6.92. The summed E-state index contributed by atoms with van der Waals surface area (Å²) >= 11 is 1.47. The number of aryl methyl sites for hydroxylation is 4. The summed E-state index contributed by atoms with van der Waals surface area (Å²) in [6.07, 6.45) is 7.60. The van der Waals surface area contributed by atoms with Crippen molar-refractivity contribution in [2.75, 3.05) is 0 Å². The zero-order chi connectivity index (χ0) is 32.6. The van der Waals surface area contributed by atoms with Crippen LogP contribution < -0.4 is 9.97 Å². The van der Waals surface area contributed by atoms with Crippen molar-refractivity contribution in [2.24, 2.45) is 0 Å². The Bertz CT molecular complexity index is 1500. The molecule has 0 fully saturated rings. The summed E-state index contributed by atoms with van der Waals surface area (Å²) in [4.78, 5) is 21.0. The first-order valence-corrected chi connectivity index (χ1v) is 18.9. The Morgan fingerprint density at radius 3 is 0.841 bits per heavy atom. The molecule has 234 valence electrons. The molecule has 5 rings (SSSR count). The van der Waals surface area contributed by atoms with Gasteiger partial charge in [-0.1, -0.05) is 102 Å². The number of rotatable bonds is 8. The number of aromatic nitrogens is 4. The van der Waals surface area contributed by atoms with E-state index in [1.165, 1.54) is 62.4 Å². The van der Waals surface area contributed by atoms with Gasteiger partial charge in [-0.05, 0) is 73.7 Å². The van der Waals surface area contributed by atoms with Gasteiger partial charge in [-0.15, -0.1) is 22.1 Å². The van der Waals surface area contributed by atoms with Crippen LogP contribution in [0.1, 0.15) is 126 Å². The van der Waals surface area contributed by atoms with E-state index in [1.54, 1.807) is 0 Å². The van der Waals surface area contributed by atoms with Crippen LogP contribution in [0.2, 0.25) is 0 Å². The number of hydrogen-bond donors (Lipinski definition) is 0. The molecule has 0 amide bonds. The van der Waals surface area contributed by atoms with E-state index in [-0.39, 0.29) is 0 Å². The molecule has 7 heteroatoms. The minimum absolute atomic E-state index is 0.950. The minimum atomic E-state index is 0.950. The summed E-state index contributed by atoms with van der Waals surface area (Å²) in [5, 5.41) is 0. The van der Waals surface area contributed by atoms with Crippen LogP contribution in [0.5, 0.6) is 0 Å². The van der Waals surface area contributed by atoms with Crippen LogP contribution in [0.25, 0.3) is 44.4 Å². The van der Waals surface area contributed by atoms with Crippen LogP contribution in [0.4, 0.5) is 0 Å². The molecule has 0 radical (unpaired) electrons. The average molecular weight is 788 g/mol. The van der Waals surface area contributed by atoms with Crippen molar-refractivity contribution in [2.45, 2.75) is 107 Å². The predicted octanol–water partition coefficient (Wildman–Crippen LogP) is 9.93. The average Bonchev–Trinajstić information content (AvgIpc) is 3.77. The summed E-state index contributed by atoms with van der Waals surface area (Å²) in [7, 11) is 4.64. The first-order chi connectivity index (χ1) is 21.5. The number of hydrogen-bond acceptors (Lipinski definition) is 2. The molecule has 44 heavy (non-hydrogen) atoms. The summed E-state index contributed by atoms with van der Waals surface area (Å²) in [6.45, 7) is 22.4. The van der Waals surface area contributed by atoms with Gasteiger partial charge in [0.1, 0.15) is 0 Å². The molecule has 8 bridgehead atoms. The Labute approximate surface area is 277 Å². The molecule has 0 atom stereocenters. The Morgan fingerprint density at radius 1 is 0.477 bits per heavy atom. The topological polar surface area (TPSA) is 73.9 Å². The summed E-state index contributed by atoms with van der Waals surface area (Å²) in [6, 6.07) is 8.98. The number of halogens is 1. The number of allylic oxidation sites excluding steroid dienone is 4. The van der Waals surface area contributed by atoms with Gasteiger partial charge in [0.05, 0.1) is 22.8 Å². The van der Waals surface area contributed by atoms with Crippen LogP contribution in [-0.2, 0) is 48.2 Å². The molecule has 2 aliphatic heterocycles. The Balaban J connectivity index is 0.00000127. The monoisotopic (exact) mass is 788 g/mol. The molecular formula is C37H44ClIrN4O. The predicted molar refractivity (Wildman–Crippen MR) is 181 cm³/mol. The zero-order valence-electron chi connectivity index (χ0n) is 27.4. The van der Waals surface area contributed by atoms with Gasteiger partial charge in [-0.2, -0.15) is 0 Å². The summed E-state index contributed by atoms with van der Waals surface area (Å²) in [5.41, 5.74) is 19.1. The Hall–Kier alpha value is -2.72. The second kappa shape index (κ2) is 16.5. The van der Waals surface area contributed by atoms with E-state index in [1.807, 2.05) is 0 Å². The van der Waals surface area contributed by atoms with E-state index >= 15 is 0 Å². The molecule has 0 saturated heterocycles. The molecule has 0 N–H and O–H groups in total. The molecule has 0 aliphatic carbocycles. The van der Waals surface area contributed by atoms with Gasteiger partial charge in [0.15, 0.2) is 0 Å². The number of nitrogens with zero attached hydrogens (tertiary/aromatic N) is 4. The molecule has 5 nitrogen and oxygen atoms in total. The molecule has 0 unspecified atom stereocenters. The first-order valence-electron chi connectivity index (χ1n) is 15.9. The van der Waals surface area contributed by atoms with Crippen LogP contribution in [-0.4, -0.2) is 9.97 Å². The van der Waals surface area contributed by atoms with Gasteiger partial charge in [-0.3, -0.25) is 0 Å². The second-order valence-electron chi connectivity index (χ2n) is 10.8. The van der Waals surface area contributed by atoms with E-state index in [4.69, 9.17) is 24.6 Å². The van der Waals surface area contributed by atoms with Gasteiger partial charge < -0.3 is 9.97 Å². The maximum absolute atomic E-state index is 7.50. The standard InChI is InChI=1S/C36H44N4.CO.ClH.Ir/c1-9-21-22(10-2)30-18-32-25(13-5)26(14-6)34(39-32)20-36-28(16-8)27(15-7)35(40-36)19-33-24(12-4)23(11-3)31(38-33)17-29(21)37-30;1-2;;/h17-20H,9-16H2,1-8H3;;1H;/q-2;;;+3/p-1. The fourth-order valence-corrected chi connectivity index (χ4v) is 6.92. The van der Waals surface area contributed by atoms with Crippen molar-refractivity contribution in [3.63, 3.8) is 0 Å². The van der Waals surface area contributed by atoms with E-state index < -0.39 is 0 Å². The molecule has 2 aliphatic rings. The molecule has 0 aromatic carbocycles. The summed E-state index contributed by atoms with van der Waals surface area (Å²) in [5.74, 6) is 0. The maximum atomic E-state index is 7.50. The van der Waals surface area contributed by atoms with Crippen molar-refractivity contribution in [1.82, 2.24) is 19.9 Å². The molecule has 3 aromatic heterocycles. The molecule has 0 spiro atoms. The van der Waals surface area contributed by atoms with E-state index in [9.17, 15) is 0 Å². The van der Waals surface area contributed by atoms with Gasteiger partial charge in [0.2, 0.25) is 0 Å². The normalized spacial score (nSPS) is 12.5. The molecule has 3 aromatic rings. The number of fused-ring (bicyclic) bond motifs is 8. The van der Waals surface area contributed by atoms with Crippen molar-refractivity contribution in [1.29, 1.82) is 0 Å². The van der Waals surface area contributed by atoms with E-state index in [2.05, 4.69) is 95.9 Å². The Kier molecular flexibility index (Phi) is 13.4. The molecular weight excluding hydrogens is 744 g/mol. The van der Waals surface area contributed by atoms with Crippen LogP contribution in [0, 0.1) is 6.65 Å². The van der Waals surface area contributed by atoms with Crippen molar-refractivity contribution in [3.05, 3.63) is 75.9 Å².